The largest absolute Gasteiger partial charge is 0.489 e. The molecule has 1 saturated heterocycles. The quantitative estimate of drug-likeness (QED) is 0.838. The van der Waals surface area contributed by atoms with Gasteiger partial charge in [0.1, 0.15) is 11.9 Å². The molecule has 2 rings (SSSR count). The number of nitrogens with zero attached hydrogens (tertiary/aromatic N) is 1. The summed E-state index contributed by atoms with van der Waals surface area (Å²) in [7, 11) is 0. The maximum atomic E-state index is 12.2. The Labute approximate surface area is 142 Å². The zero-order chi connectivity index (χ0) is 17.5. The summed E-state index contributed by atoms with van der Waals surface area (Å²) in [4.78, 5) is 24.8. The fraction of sp³-hybridized carbons (Fsp3) is 0.556. The van der Waals surface area contributed by atoms with Crippen molar-refractivity contribution in [1.82, 2.24) is 10.2 Å². The number of amides is 2. The first-order valence-corrected chi connectivity index (χ1v) is 8.48. The molecule has 1 aliphatic heterocycles. The Balaban J connectivity index is 1.78. The van der Waals surface area contributed by atoms with Gasteiger partial charge in [-0.05, 0) is 43.9 Å². The van der Waals surface area contributed by atoms with E-state index in [0.29, 0.717) is 32.5 Å². The standard InChI is InChI=1S/C18H26N2O4/c1-3-15(24-16-6-4-5-13(2)11-16)12-19-18(23)20-9-7-14(8-10-20)17(21)22/h4-6,11,14-15H,3,7-10,12H2,1-2H3,(H,19,23)(H,21,22). The minimum absolute atomic E-state index is 0.0905. The highest BCUT2D eigenvalue weighted by Crippen LogP contribution is 2.18. The number of hydrogen-bond donors (Lipinski definition) is 2. The molecule has 0 bridgehead atoms. The smallest absolute Gasteiger partial charge is 0.317 e. The molecule has 1 aromatic carbocycles. The van der Waals surface area contributed by atoms with Gasteiger partial charge >= 0.3 is 12.0 Å². The predicted octanol–water partition coefficient (Wildman–Crippen LogP) is 2.66. The number of aliphatic carboxylic acids is 1. The van der Waals surface area contributed by atoms with Gasteiger partial charge in [-0.25, -0.2) is 4.79 Å². The molecule has 1 unspecified atom stereocenters. The third-order valence-electron chi connectivity index (χ3n) is 4.36. The van der Waals surface area contributed by atoms with Crippen molar-refractivity contribution in [2.75, 3.05) is 19.6 Å². The van der Waals surface area contributed by atoms with Gasteiger partial charge in [-0.15, -0.1) is 0 Å². The average molecular weight is 334 g/mol. The minimum Gasteiger partial charge on any atom is -0.489 e. The second-order valence-electron chi connectivity index (χ2n) is 6.25. The third-order valence-corrected chi connectivity index (χ3v) is 4.36. The fourth-order valence-corrected chi connectivity index (χ4v) is 2.79. The van der Waals surface area contributed by atoms with Gasteiger partial charge < -0.3 is 20.1 Å². The lowest BCUT2D eigenvalue weighted by Gasteiger charge is -2.30. The van der Waals surface area contributed by atoms with Crippen molar-refractivity contribution >= 4 is 12.0 Å². The van der Waals surface area contributed by atoms with E-state index in [9.17, 15) is 9.59 Å². The monoisotopic (exact) mass is 334 g/mol. The first kappa shape index (κ1) is 18.1. The average Bonchev–Trinajstić information content (AvgIpc) is 2.58. The topological polar surface area (TPSA) is 78.9 Å². The number of ether oxygens (including phenoxy) is 1. The molecule has 2 N–H and O–H groups in total. The summed E-state index contributed by atoms with van der Waals surface area (Å²) in [5, 5.41) is 11.9. The second-order valence-corrected chi connectivity index (χ2v) is 6.25. The van der Waals surface area contributed by atoms with E-state index in [2.05, 4.69) is 5.32 Å². The van der Waals surface area contributed by atoms with Gasteiger partial charge in [-0.2, -0.15) is 0 Å². The molecule has 1 atom stereocenters. The molecule has 0 aromatic heterocycles. The predicted molar refractivity (Wildman–Crippen MR) is 91.2 cm³/mol. The molecule has 0 saturated carbocycles. The lowest BCUT2D eigenvalue weighted by molar-refractivity contribution is -0.143. The van der Waals surface area contributed by atoms with Gasteiger partial charge in [0.15, 0.2) is 0 Å². The molecule has 0 radical (unpaired) electrons. The molecular formula is C18H26N2O4. The summed E-state index contributed by atoms with van der Waals surface area (Å²) in [6.45, 7) is 5.43. The van der Waals surface area contributed by atoms with E-state index >= 15 is 0 Å². The minimum atomic E-state index is -0.771. The Morgan fingerprint density at radius 3 is 2.67 bits per heavy atom. The Hall–Kier alpha value is -2.24. The van der Waals surface area contributed by atoms with Gasteiger partial charge in [0.2, 0.25) is 0 Å². The van der Waals surface area contributed by atoms with E-state index in [1.807, 2.05) is 38.1 Å². The summed E-state index contributed by atoms with van der Waals surface area (Å²) in [6.07, 6.45) is 1.72. The molecule has 6 heteroatoms. The van der Waals surface area contributed by atoms with Crippen LogP contribution in [0.3, 0.4) is 0 Å². The molecule has 1 aromatic rings. The highest BCUT2D eigenvalue weighted by Gasteiger charge is 2.27. The van der Waals surface area contributed by atoms with Crippen LogP contribution in [-0.4, -0.2) is 47.7 Å². The first-order valence-electron chi connectivity index (χ1n) is 8.48. The summed E-state index contributed by atoms with van der Waals surface area (Å²) in [5.74, 6) is -0.298. The number of rotatable bonds is 6. The molecule has 1 aliphatic rings. The van der Waals surface area contributed by atoms with Crippen LogP contribution in [0.15, 0.2) is 24.3 Å². The summed E-state index contributed by atoms with van der Waals surface area (Å²) in [5.41, 5.74) is 1.13. The van der Waals surface area contributed by atoms with E-state index in [1.165, 1.54) is 0 Å². The Bertz CT molecular complexity index is 568. The van der Waals surface area contributed by atoms with Gasteiger partial charge in [-0.1, -0.05) is 19.1 Å². The van der Waals surface area contributed by atoms with Crippen LogP contribution < -0.4 is 10.1 Å². The van der Waals surface area contributed by atoms with Gasteiger partial charge in [0.05, 0.1) is 12.5 Å². The molecule has 132 valence electrons. The molecule has 24 heavy (non-hydrogen) atoms. The van der Waals surface area contributed by atoms with E-state index in [4.69, 9.17) is 9.84 Å². The van der Waals surface area contributed by atoms with Crippen molar-refractivity contribution in [1.29, 1.82) is 0 Å². The van der Waals surface area contributed by atoms with Crippen molar-refractivity contribution in [3.8, 4) is 5.75 Å². The van der Waals surface area contributed by atoms with Gasteiger partial charge in [0.25, 0.3) is 0 Å². The van der Waals surface area contributed by atoms with Gasteiger partial charge in [0, 0.05) is 13.1 Å². The zero-order valence-electron chi connectivity index (χ0n) is 14.3. The number of piperidine rings is 1. The van der Waals surface area contributed by atoms with E-state index in [0.717, 1.165) is 17.7 Å². The zero-order valence-corrected chi connectivity index (χ0v) is 14.3. The number of hydrogen-bond acceptors (Lipinski definition) is 3. The van der Waals surface area contributed by atoms with Crippen molar-refractivity contribution in [2.45, 2.75) is 39.2 Å². The number of nitrogens with one attached hydrogen (secondary N) is 1. The first-order chi connectivity index (χ1) is 11.5. The number of benzene rings is 1. The van der Waals surface area contributed by atoms with E-state index in [1.54, 1.807) is 4.90 Å². The number of carboxylic acids is 1. The fourth-order valence-electron chi connectivity index (χ4n) is 2.79. The van der Waals surface area contributed by atoms with Crippen molar-refractivity contribution in [2.24, 2.45) is 5.92 Å². The molecule has 0 spiro atoms. The Kier molecular flexibility index (Phi) is 6.46. The Morgan fingerprint density at radius 1 is 1.38 bits per heavy atom. The normalized spacial score (nSPS) is 16.5. The van der Waals surface area contributed by atoms with Crippen molar-refractivity contribution in [3.63, 3.8) is 0 Å². The lowest BCUT2D eigenvalue weighted by Crippen LogP contribution is -2.47. The second kappa shape index (κ2) is 8.57. The van der Waals surface area contributed by atoms with Crippen molar-refractivity contribution < 1.29 is 19.4 Å². The Morgan fingerprint density at radius 2 is 2.08 bits per heavy atom. The van der Waals surface area contributed by atoms with Crippen LogP contribution in [0.1, 0.15) is 31.7 Å². The summed E-state index contributed by atoms with van der Waals surface area (Å²) >= 11 is 0. The van der Waals surface area contributed by atoms with Crippen LogP contribution in [0.25, 0.3) is 0 Å². The van der Waals surface area contributed by atoms with Crippen LogP contribution in [0.2, 0.25) is 0 Å². The number of aryl methyl sites for hydroxylation is 1. The van der Waals surface area contributed by atoms with Crippen LogP contribution in [0.4, 0.5) is 4.79 Å². The third kappa shape index (κ3) is 5.15. The summed E-state index contributed by atoms with van der Waals surface area (Å²) < 4.78 is 5.92. The van der Waals surface area contributed by atoms with Crippen LogP contribution >= 0.6 is 0 Å². The maximum absolute atomic E-state index is 12.2. The molecular weight excluding hydrogens is 308 g/mol. The molecule has 1 fully saturated rings. The number of carbonyl (C=O) groups excluding carboxylic acids is 1. The number of likely N-dealkylation sites (tertiary alicyclic amines) is 1. The number of urea groups is 1. The van der Waals surface area contributed by atoms with Crippen molar-refractivity contribution in [3.05, 3.63) is 29.8 Å². The van der Waals surface area contributed by atoms with Crippen LogP contribution in [0, 0.1) is 12.8 Å². The molecule has 0 aliphatic carbocycles. The highest BCUT2D eigenvalue weighted by molar-refractivity contribution is 5.75. The van der Waals surface area contributed by atoms with E-state index in [-0.39, 0.29) is 18.1 Å². The summed E-state index contributed by atoms with van der Waals surface area (Å²) in [6, 6.07) is 7.69. The number of carbonyl (C=O) groups is 2. The molecule has 2 amide bonds. The maximum Gasteiger partial charge on any atom is 0.317 e. The van der Waals surface area contributed by atoms with E-state index < -0.39 is 5.97 Å². The highest BCUT2D eigenvalue weighted by atomic mass is 16.5. The van der Waals surface area contributed by atoms with Crippen LogP contribution in [-0.2, 0) is 4.79 Å². The molecule has 1 heterocycles. The molecule has 6 nitrogen and oxygen atoms in total. The lowest BCUT2D eigenvalue weighted by atomic mass is 9.97. The SMILES string of the molecule is CCC(CNC(=O)N1CCC(C(=O)O)CC1)Oc1cccc(C)c1. The number of carboxylic acid groups (broad SMARTS) is 1. The van der Waals surface area contributed by atoms with Gasteiger partial charge in [-0.3, -0.25) is 4.79 Å². The van der Waals surface area contributed by atoms with Crippen LogP contribution in [0.5, 0.6) is 5.75 Å².